The van der Waals surface area contributed by atoms with Gasteiger partial charge in [-0.25, -0.2) is 0 Å². The molecule has 0 aliphatic carbocycles. The number of aromatic nitrogens is 1. The average molecular weight is 205 g/mol. The van der Waals surface area contributed by atoms with Crippen LogP contribution in [0.5, 0.6) is 0 Å². The Morgan fingerprint density at radius 1 is 1.29 bits per heavy atom. The standard InChI is InChI=1S/C11H11NOS/c13-3-1-9-5-11(7-12-6-9)10-2-4-14-8-10/h2,4-8,13H,1,3H2. The van der Waals surface area contributed by atoms with Crippen molar-refractivity contribution in [2.75, 3.05) is 6.61 Å². The summed E-state index contributed by atoms with van der Waals surface area (Å²) < 4.78 is 0. The van der Waals surface area contributed by atoms with E-state index in [4.69, 9.17) is 5.11 Å². The molecular formula is C11H11NOS. The lowest BCUT2D eigenvalue weighted by molar-refractivity contribution is 0.299. The number of thiophene rings is 1. The molecule has 0 saturated heterocycles. The molecule has 0 saturated carbocycles. The van der Waals surface area contributed by atoms with E-state index in [2.05, 4.69) is 22.5 Å². The highest BCUT2D eigenvalue weighted by molar-refractivity contribution is 7.08. The van der Waals surface area contributed by atoms with Gasteiger partial charge in [0.15, 0.2) is 0 Å². The first-order valence-electron chi connectivity index (χ1n) is 4.47. The van der Waals surface area contributed by atoms with Crippen molar-refractivity contribution in [3.8, 4) is 11.1 Å². The smallest absolute Gasteiger partial charge is 0.0472 e. The second-order valence-electron chi connectivity index (χ2n) is 3.07. The maximum atomic E-state index is 8.82. The molecule has 2 rings (SSSR count). The normalized spacial score (nSPS) is 10.4. The minimum absolute atomic E-state index is 0.175. The van der Waals surface area contributed by atoms with E-state index in [0.29, 0.717) is 6.42 Å². The van der Waals surface area contributed by atoms with Gasteiger partial charge in [0, 0.05) is 24.6 Å². The quantitative estimate of drug-likeness (QED) is 0.834. The zero-order valence-electron chi connectivity index (χ0n) is 7.68. The molecule has 0 aliphatic heterocycles. The Labute approximate surface area is 86.9 Å². The number of aliphatic hydroxyl groups is 1. The fourth-order valence-corrected chi connectivity index (χ4v) is 2.00. The van der Waals surface area contributed by atoms with Gasteiger partial charge < -0.3 is 5.11 Å². The highest BCUT2D eigenvalue weighted by Gasteiger charge is 1.99. The maximum absolute atomic E-state index is 8.82. The molecule has 0 aliphatic rings. The molecule has 0 amide bonds. The van der Waals surface area contributed by atoms with Crippen molar-refractivity contribution in [3.63, 3.8) is 0 Å². The van der Waals surface area contributed by atoms with Crippen LogP contribution in [0.25, 0.3) is 11.1 Å². The molecule has 2 nitrogen and oxygen atoms in total. The van der Waals surface area contributed by atoms with E-state index in [1.807, 2.05) is 11.6 Å². The van der Waals surface area contributed by atoms with Gasteiger partial charge in [-0.15, -0.1) is 0 Å². The van der Waals surface area contributed by atoms with Gasteiger partial charge >= 0.3 is 0 Å². The van der Waals surface area contributed by atoms with Crippen molar-refractivity contribution in [2.24, 2.45) is 0 Å². The number of hydrogen-bond acceptors (Lipinski definition) is 3. The van der Waals surface area contributed by atoms with Crippen LogP contribution in [0.3, 0.4) is 0 Å². The monoisotopic (exact) mass is 205 g/mol. The first-order chi connectivity index (χ1) is 6.90. The van der Waals surface area contributed by atoms with Crippen LogP contribution in [-0.4, -0.2) is 16.7 Å². The molecule has 2 heterocycles. The van der Waals surface area contributed by atoms with Gasteiger partial charge in [0.1, 0.15) is 0 Å². The average Bonchev–Trinajstić information content (AvgIpc) is 2.71. The summed E-state index contributed by atoms with van der Waals surface area (Å²) in [6, 6.07) is 4.15. The lowest BCUT2D eigenvalue weighted by Crippen LogP contribution is -1.91. The zero-order chi connectivity index (χ0) is 9.80. The van der Waals surface area contributed by atoms with E-state index >= 15 is 0 Å². The van der Waals surface area contributed by atoms with E-state index in [0.717, 1.165) is 11.1 Å². The molecule has 0 radical (unpaired) electrons. The predicted octanol–water partition coefficient (Wildman–Crippen LogP) is 2.34. The molecule has 2 aromatic heterocycles. The maximum Gasteiger partial charge on any atom is 0.0472 e. The minimum atomic E-state index is 0.175. The third-order valence-electron chi connectivity index (χ3n) is 2.05. The van der Waals surface area contributed by atoms with Gasteiger partial charge in [0.2, 0.25) is 0 Å². The lowest BCUT2D eigenvalue weighted by Gasteiger charge is -2.00. The van der Waals surface area contributed by atoms with Crippen molar-refractivity contribution < 1.29 is 5.11 Å². The number of pyridine rings is 1. The molecule has 14 heavy (non-hydrogen) atoms. The summed E-state index contributed by atoms with van der Waals surface area (Å²) in [5.74, 6) is 0. The Kier molecular flexibility index (Phi) is 2.91. The van der Waals surface area contributed by atoms with Gasteiger partial charge in [0.25, 0.3) is 0 Å². The first kappa shape index (κ1) is 9.37. The van der Waals surface area contributed by atoms with E-state index in [1.165, 1.54) is 5.56 Å². The van der Waals surface area contributed by atoms with Crippen LogP contribution in [0.1, 0.15) is 5.56 Å². The summed E-state index contributed by atoms with van der Waals surface area (Å²) in [5.41, 5.74) is 3.40. The largest absolute Gasteiger partial charge is 0.396 e. The third kappa shape index (κ3) is 2.00. The summed E-state index contributed by atoms with van der Waals surface area (Å²) in [6.45, 7) is 0.175. The van der Waals surface area contributed by atoms with Crippen LogP contribution in [-0.2, 0) is 6.42 Å². The van der Waals surface area contributed by atoms with Crippen LogP contribution in [0.15, 0.2) is 35.3 Å². The van der Waals surface area contributed by atoms with Crippen LogP contribution in [0.4, 0.5) is 0 Å². The van der Waals surface area contributed by atoms with E-state index in [9.17, 15) is 0 Å². The van der Waals surface area contributed by atoms with Gasteiger partial charge in [-0.1, -0.05) is 0 Å². The Morgan fingerprint density at radius 2 is 2.21 bits per heavy atom. The first-order valence-corrected chi connectivity index (χ1v) is 5.42. The Hall–Kier alpha value is -1.19. The van der Waals surface area contributed by atoms with E-state index < -0.39 is 0 Å². The predicted molar refractivity (Wildman–Crippen MR) is 58.3 cm³/mol. The van der Waals surface area contributed by atoms with Crippen LogP contribution in [0.2, 0.25) is 0 Å². The van der Waals surface area contributed by atoms with E-state index in [-0.39, 0.29) is 6.61 Å². The summed E-state index contributed by atoms with van der Waals surface area (Å²) in [6.07, 6.45) is 4.32. The lowest BCUT2D eigenvalue weighted by atomic mass is 10.1. The van der Waals surface area contributed by atoms with E-state index in [1.54, 1.807) is 17.5 Å². The Bertz CT molecular complexity index is 397. The fraction of sp³-hybridized carbons (Fsp3) is 0.182. The number of nitrogens with zero attached hydrogens (tertiary/aromatic N) is 1. The molecule has 3 heteroatoms. The van der Waals surface area contributed by atoms with Gasteiger partial charge in [-0.05, 0) is 40.4 Å². The van der Waals surface area contributed by atoms with Crippen LogP contribution < -0.4 is 0 Å². The Balaban J connectivity index is 2.31. The molecule has 0 bridgehead atoms. The third-order valence-corrected chi connectivity index (χ3v) is 2.73. The van der Waals surface area contributed by atoms with Gasteiger partial charge in [0.05, 0.1) is 0 Å². The van der Waals surface area contributed by atoms with Crippen molar-refractivity contribution in [2.45, 2.75) is 6.42 Å². The molecule has 0 atom stereocenters. The molecule has 0 fully saturated rings. The van der Waals surface area contributed by atoms with Gasteiger partial charge in [-0.2, -0.15) is 11.3 Å². The number of aliphatic hydroxyl groups excluding tert-OH is 1. The second-order valence-corrected chi connectivity index (χ2v) is 3.85. The van der Waals surface area contributed by atoms with Crippen molar-refractivity contribution in [1.82, 2.24) is 4.98 Å². The fourth-order valence-electron chi connectivity index (χ4n) is 1.34. The molecule has 2 aromatic rings. The van der Waals surface area contributed by atoms with Crippen LogP contribution in [0, 0.1) is 0 Å². The number of rotatable bonds is 3. The molecule has 0 spiro atoms. The second kappa shape index (κ2) is 4.35. The molecule has 0 aromatic carbocycles. The molecule has 0 unspecified atom stereocenters. The van der Waals surface area contributed by atoms with Crippen LogP contribution >= 0.6 is 11.3 Å². The SMILES string of the molecule is OCCc1cncc(-c2ccsc2)c1. The molecule has 1 N–H and O–H groups in total. The minimum Gasteiger partial charge on any atom is -0.396 e. The Morgan fingerprint density at radius 3 is 2.93 bits per heavy atom. The summed E-state index contributed by atoms with van der Waals surface area (Å²) in [4.78, 5) is 4.15. The molecular weight excluding hydrogens is 194 g/mol. The van der Waals surface area contributed by atoms with Crippen molar-refractivity contribution in [1.29, 1.82) is 0 Å². The highest BCUT2D eigenvalue weighted by atomic mass is 32.1. The number of hydrogen-bond donors (Lipinski definition) is 1. The summed E-state index contributed by atoms with van der Waals surface area (Å²) >= 11 is 1.68. The summed E-state index contributed by atoms with van der Waals surface area (Å²) in [5, 5.41) is 13.0. The highest BCUT2D eigenvalue weighted by Crippen LogP contribution is 2.21. The van der Waals surface area contributed by atoms with Crippen molar-refractivity contribution >= 4 is 11.3 Å². The van der Waals surface area contributed by atoms with Gasteiger partial charge in [-0.3, -0.25) is 4.98 Å². The van der Waals surface area contributed by atoms with Crippen molar-refractivity contribution in [3.05, 3.63) is 40.8 Å². The topological polar surface area (TPSA) is 33.1 Å². The zero-order valence-corrected chi connectivity index (χ0v) is 8.50. The summed E-state index contributed by atoms with van der Waals surface area (Å²) in [7, 11) is 0. The molecule has 72 valence electrons.